The van der Waals surface area contributed by atoms with Gasteiger partial charge in [-0.3, -0.25) is 14.5 Å². The predicted molar refractivity (Wildman–Crippen MR) is 162 cm³/mol. The Morgan fingerprint density at radius 1 is 1.24 bits per heavy atom. The summed E-state index contributed by atoms with van der Waals surface area (Å²) >= 11 is 3.19. The highest BCUT2D eigenvalue weighted by molar-refractivity contribution is 8.01. The summed E-state index contributed by atoms with van der Waals surface area (Å²) in [5, 5.41) is 38.8. The maximum absolute atomic E-state index is 13.1. The third-order valence-electron chi connectivity index (χ3n) is 5.84. The molecule has 3 amide bonds. The molecule has 2 aromatic heterocycles. The number of β-lactam (4-membered cyclic amide) rings is 1. The molecule has 0 aliphatic carbocycles. The zero-order valence-electron chi connectivity index (χ0n) is 24.5. The van der Waals surface area contributed by atoms with E-state index < -0.39 is 59.2 Å². The van der Waals surface area contributed by atoms with Crippen LogP contribution in [0.15, 0.2) is 21.6 Å². The number of nitrogen functional groups attached to an aromatic ring is 1. The van der Waals surface area contributed by atoms with Crippen LogP contribution in [0.25, 0.3) is 0 Å². The van der Waals surface area contributed by atoms with Gasteiger partial charge in [-0.05, 0) is 43.2 Å². The molecule has 46 heavy (non-hydrogen) atoms. The van der Waals surface area contributed by atoms with Gasteiger partial charge in [0.05, 0.1) is 0 Å². The van der Waals surface area contributed by atoms with Gasteiger partial charge < -0.3 is 36.2 Å². The van der Waals surface area contributed by atoms with Crippen LogP contribution in [0.1, 0.15) is 33.0 Å². The van der Waals surface area contributed by atoms with Crippen LogP contribution in [0.2, 0.25) is 0 Å². The largest absolute Gasteiger partial charge is 0.479 e. The second kappa shape index (κ2) is 14.7. The van der Waals surface area contributed by atoms with Crippen LogP contribution in [0, 0.1) is 0 Å². The second-order valence-electron chi connectivity index (χ2n) is 10.4. The Kier molecular flexibility index (Phi) is 11.0. The van der Waals surface area contributed by atoms with Gasteiger partial charge in [-0.15, -0.1) is 16.9 Å². The lowest BCUT2D eigenvalue weighted by Gasteiger charge is -2.49. The van der Waals surface area contributed by atoms with E-state index in [1.54, 1.807) is 20.8 Å². The van der Waals surface area contributed by atoms with E-state index in [0.29, 0.717) is 30.2 Å². The molecule has 23 heteroatoms. The summed E-state index contributed by atoms with van der Waals surface area (Å²) in [5.74, 6) is -4.14. The number of nitrogens with two attached hydrogens (primary N) is 1. The molecule has 2 atom stereocenters. The second-order valence-corrected chi connectivity index (χ2v) is 13.3. The number of thioether (sulfide) groups is 2. The highest BCUT2D eigenvalue weighted by Gasteiger charge is 2.54. The lowest BCUT2D eigenvalue weighted by Crippen LogP contribution is -2.71. The van der Waals surface area contributed by atoms with Crippen molar-refractivity contribution in [3.63, 3.8) is 0 Å². The number of anilines is 1. The third kappa shape index (κ3) is 8.60. The maximum Gasteiger partial charge on any atom is 0.407 e. The third-order valence-corrected chi connectivity index (χ3v) is 8.76. The summed E-state index contributed by atoms with van der Waals surface area (Å²) in [6, 6.07) is -1.12. The van der Waals surface area contributed by atoms with Crippen molar-refractivity contribution in [1.29, 1.82) is 0 Å². The number of carboxylic acids is 2. The number of nitrogens with one attached hydrogen (secondary N) is 2. The Labute approximate surface area is 272 Å². The maximum atomic E-state index is 13.1. The first-order valence-corrected chi connectivity index (χ1v) is 16.1. The Hall–Kier alpha value is -4.51. The number of amides is 3. The molecule has 2 unspecified atom stereocenters. The predicted octanol–water partition coefficient (Wildman–Crippen LogP) is -0.642. The SMILES string of the molecule is CC(C)(C)OC(=O)NCCCn1nnnc1SCC1=C(C(=O)O)N2C(=O)C(NC(=O)/C(=N/OCC(=O)O)c3nsc(N)n3)C2SC1. The van der Waals surface area contributed by atoms with Crippen molar-refractivity contribution in [3.05, 3.63) is 17.1 Å². The molecule has 2 aliphatic heterocycles. The van der Waals surface area contributed by atoms with Crippen LogP contribution in [-0.2, 0) is 35.3 Å². The van der Waals surface area contributed by atoms with Gasteiger partial charge in [-0.1, -0.05) is 16.9 Å². The lowest BCUT2D eigenvalue weighted by atomic mass is 10.0. The molecule has 4 heterocycles. The fourth-order valence-electron chi connectivity index (χ4n) is 4.00. The number of oxime groups is 1. The van der Waals surface area contributed by atoms with Crippen LogP contribution in [-0.4, -0.2) is 122 Å². The number of rotatable bonds is 14. The minimum Gasteiger partial charge on any atom is -0.479 e. The minimum atomic E-state index is -1.34. The number of fused-ring (bicyclic) bond motifs is 1. The van der Waals surface area contributed by atoms with Gasteiger partial charge in [-0.25, -0.2) is 19.1 Å². The molecule has 1 fully saturated rings. The zero-order chi connectivity index (χ0) is 33.6. The monoisotopic (exact) mass is 699 g/mol. The molecule has 0 aromatic carbocycles. The molecule has 20 nitrogen and oxygen atoms in total. The van der Waals surface area contributed by atoms with Crippen LogP contribution in [0.4, 0.5) is 9.93 Å². The number of nitrogens with zero attached hydrogens (tertiary/aromatic N) is 8. The van der Waals surface area contributed by atoms with Gasteiger partial charge in [0.15, 0.2) is 5.13 Å². The van der Waals surface area contributed by atoms with Crippen molar-refractivity contribution < 1.29 is 43.8 Å². The van der Waals surface area contributed by atoms with Gasteiger partial charge in [0.2, 0.25) is 23.3 Å². The highest BCUT2D eigenvalue weighted by Crippen LogP contribution is 2.41. The van der Waals surface area contributed by atoms with Crippen molar-refractivity contribution in [2.45, 2.75) is 55.9 Å². The number of carbonyl (C=O) groups excluding carboxylic acids is 3. The van der Waals surface area contributed by atoms with E-state index >= 15 is 0 Å². The average molecular weight is 700 g/mol. The van der Waals surface area contributed by atoms with Gasteiger partial charge in [0, 0.05) is 36.1 Å². The van der Waals surface area contributed by atoms with Crippen molar-refractivity contribution in [3.8, 4) is 0 Å². The highest BCUT2D eigenvalue weighted by atomic mass is 32.2. The Morgan fingerprint density at radius 3 is 2.65 bits per heavy atom. The first-order valence-electron chi connectivity index (χ1n) is 13.3. The van der Waals surface area contributed by atoms with Crippen LogP contribution < -0.4 is 16.4 Å². The van der Waals surface area contributed by atoms with E-state index in [0.717, 1.165) is 16.4 Å². The molecule has 6 N–H and O–H groups in total. The van der Waals surface area contributed by atoms with E-state index in [9.17, 15) is 29.1 Å². The van der Waals surface area contributed by atoms with Crippen molar-refractivity contribution in [2.24, 2.45) is 5.16 Å². The molecule has 0 saturated carbocycles. The number of aromatic nitrogens is 6. The molecule has 0 radical (unpaired) electrons. The van der Waals surface area contributed by atoms with E-state index in [1.807, 2.05) is 0 Å². The summed E-state index contributed by atoms with van der Waals surface area (Å²) in [6.45, 7) is 5.12. The topological polar surface area (TPSA) is 279 Å². The number of aliphatic carboxylic acids is 2. The summed E-state index contributed by atoms with van der Waals surface area (Å²) in [5.41, 5.74) is 4.70. The molecule has 248 valence electrons. The number of ether oxygens (including phenoxy) is 1. The molecule has 2 aliphatic rings. The molecular weight excluding hydrogens is 671 g/mol. The minimum absolute atomic E-state index is 0.00772. The van der Waals surface area contributed by atoms with E-state index in [4.69, 9.17) is 15.6 Å². The quantitative estimate of drug-likeness (QED) is 0.0539. The summed E-state index contributed by atoms with van der Waals surface area (Å²) in [6.07, 6.45) is -0.0416. The van der Waals surface area contributed by atoms with Crippen LogP contribution in [0.3, 0.4) is 0 Å². The van der Waals surface area contributed by atoms with E-state index in [2.05, 4.69) is 45.5 Å². The number of carboxylic acid groups (broad SMARTS) is 2. The normalized spacial score (nSPS) is 18.0. The van der Waals surface area contributed by atoms with E-state index in [1.165, 1.54) is 28.2 Å². The van der Waals surface area contributed by atoms with Crippen LogP contribution in [0.5, 0.6) is 0 Å². The van der Waals surface area contributed by atoms with Crippen LogP contribution >= 0.6 is 35.1 Å². The number of tetrazole rings is 1. The molecule has 2 aromatic rings. The number of hydrogen-bond acceptors (Lipinski definition) is 17. The zero-order valence-corrected chi connectivity index (χ0v) is 27.0. The summed E-state index contributed by atoms with van der Waals surface area (Å²) < 4.78 is 10.6. The molecular formula is C23H29N11O9S3. The van der Waals surface area contributed by atoms with Gasteiger partial charge in [0.1, 0.15) is 22.7 Å². The fourth-order valence-corrected chi connectivity index (χ4v) is 6.82. The number of hydrogen-bond donors (Lipinski definition) is 5. The fraction of sp³-hybridized carbons (Fsp3) is 0.522. The lowest BCUT2D eigenvalue weighted by molar-refractivity contribution is -0.150. The smallest absolute Gasteiger partial charge is 0.407 e. The van der Waals surface area contributed by atoms with Gasteiger partial charge in [0.25, 0.3) is 11.8 Å². The van der Waals surface area contributed by atoms with Gasteiger partial charge in [-0.2, -0.15) is 9.36 Å². The molecule has 0 bridgehead atoms. The van der Waals surface area contributed by atoms with Crippen molar-refractivity contribution in [2.75, 3.05) is 30.4 Å². The van der Waals surface area contributed by atoms with Gasteiger partial charge >= 0.3 is 18.0 Å². The van der Waals surface area contributed by atoms with E-state index in [-0.39, 0.29) is 28.2 Å². The summed E-state index contributed by atoms with van der Waals surface area (Å²) in [4.78, 5) is 70.7. The molecule has 4 rings (SSSR count). The standard InChI is InChI=1S/C23H29N11O9S3/c1-23(2,3)43-22(41)25-5-4-6-33-21(28-31-32-33)45-9-10-8-44-18-13(17(38)34(18)14(10)19(39)40)26-16(37)12(29-42-7-11(35)36)15-27-20(24)46-30-15/h13,18H,4-9H2,1-3H3,(H,25,41)(H,26,37)(H,35,36)(H,39,40)(H2,24,27,30)/b29-12+. The first kappa shape index (κ1) is 34.4. The van der Waals surface area contributed by atoms with Crippen molar-refractivity contribution in [1.82, 2.24) is 45.1 Å². The number of carbonyl (C=O) groups is 5. The molecule has 0 spiro atoms. The Balaban J connectivity index is 1.37. The Bertz CT molecular complexity index is 1570. The summed E-state index contributed by atoms with van der Waals surface area (Å²) in [7, 11) is 0. The molecule has 1 saturated heterocycles. The number of alkyl carbamates (subject to hydrolysis) is 1. The number of aryl methyl sites for hydroxylation is 1. The average Bonchev–Trinajstić information content (AvgIpc) is 3.61. The first-order chi connectivity index (χ1) is 21.7. The Morgan fingerprint density at radius 2 is 2.00 bits per heavy atom. The van der Waals surface area contributed by atoms with Crippen molar-refractivity contribution >= 4 is 75.7 Å².